The number of Topliss-reactive ketones (excluding diaryl/α,β-unsaturated/α-hetero) is 1. The normalized spacial score (nSPS) is 10.8. The standard InChI is InChI=1S/C26H23ClFN3O5/c1-34-24-13-23-20(26(30-15-29-23)31-17-4-7-22(28)21(27)11-17)12-25(24)36-9-8-35-19-5-2-16(3-6-19)10-18(33)14-32/h2-7,11-13,15,32H,8-10,14H2,1H3,(H,29,30,31). The summed E-state index contributed by atoms with van der Waals surface area (Å²) < 4.78 is 30.6. The number of anilines is 2. The molecule has 8 nitrogen and oxygen atoms in total. The van der Waals surface area contributed by atoms with Crippen LogP contribution in [-0.2, 0) is 11.2 Å². The van der Waals surface area contributed by atoms with Crippen LogP contribution in [0.2, 0.25) is 5.02 Å². The number of halogens is 2. The summed E-state index contributed by atoms with van der Waals surface area (Å²) in [5.74, 6) is 1.33. The summed E-state index contributed by atoms with van der Waals surface area (Å²) in [5.41, 5.74) is 1.99. The fraction of sp³-hybridized carbons (Fsp3) is 0.192. The molecule has 1 aromatic heterocycles. The fourth-order valence-electron chi connectivity index (χ4n) is 3.44. The molecule has 10 heteroatoms. The molecule has 0 atom stereocenters. The van der Waals surface area contributed by atoms with Crippen LogP contribution in [0.4, 0.5) is 15.9 Å². The van der Waals surface area contributed by atoms with Crippen molar-refractivity contribution in [1.82, 2.24) is 9.97 Å². The first-order chi connectivity index (χ1) is 17.5. The van der Waals surface area contributed by atoms with Crippen molar-refractivity contribution in [3.8, 4) is 17.2 Å². The smallest absolute Gasteiger partial charge is 0.162 e. The average Bonchev–Trinajstić information content (AvgIpc) is 2.89. The number of methoxy groups -OCH3 is 1. The molecule has 4 rings (SSSR count). The number of carbonyl (C=O) groups is 1. The molecule has 0 amide bonds. The summed E-state index contributed by atoms with van der Waals surface area (Å²) in [6.45, 7) is 0.0231. The molecule has 4 aromatic rings. The predicted molar refractivity (Wildman–Crippen MR) is 134 cm³/mol. The first-order valence-corrected chi connectivity index (χ1v) is 11.4. The Morgan fingerprint density at radius 2 is 1.81 bits per heavy atom. The Bertz CT molecular complexity index is 1370. The van der Waals surface area contributed by atoms with E-state index in [1.807, 2.05) is 0 Å². The highest BCUT2D eigenvalue weighted by atomic mass is 35.5. The lowest BCUT2D eigenvalue weighted by molar-refractivity contribution is -0.121. The molecular weight excluding hydrogens is 489 g/mol. The third-order valence-corrected chi connectivity index (χ3v) is 5.50. The van der Waals surface area contributed by atoms with E-state index < -0.39 is 12.4 Å². The number of carbonyl (C=O) groups excluding carboxylic acids is 1. The molecular formula is C26H23ClFN3O5. The number of ketones is 1. The van der Waals surface area contributed by atoms with Crippen LogP contribution in [0.15, 0.2) is 60.9 Å². The molecule has 0 unspecified atom stereocenters. The van der Waals surface area contributed by atoms with Gasteiger partial charge in [-0.05, 0) is 42.0 Å². The zero-order chi connectivity index (χ0) is 25.5. The number of ether oxygens (including phenoxy) is 3. The van der Waals surface area contributed by atoms with E-state index in [-0.39, 0.29) is 30.4 Å². The van der Waals surface area contributed by atoms with E-state index in [1.54, 1.807) is 42.5 Å². The Morgan fingerprint density at radius 3 is 2.53 bits per heavy atom. The van der Waals surface area contributed by atoms with Crippen molar-refractivity contribution in [1.29, 1.82) is 0 Å². The van der Waals surface area contributed by atoms with Crippen molar-refractivity contribution in [2.75, 3.05) is 32.2 Å². The Morgan fingerprint density at radius 1 is 1.03 bits per heavy atom. The molecule has 0 aliphatic rings. The van der Waals surface area contributed by atoms with Gasteiger partial charge in [-0.2, -0.15) is 0 Å². The van der Waals surface area contributed by atoms with Gasteiger partial charge in [-0.15, -0.1) is 0 Å². The third-order valence-electron chi connectivity index (χ3n) is 5.21. The largest absolute Gasteiger partial charge is 0.493 e. The van der Waals surface area contributed by atoms with E-state index in [1.165, 1.54) is 25.6 Å². The fourth-order valence-corrected chi connectivity index (χ4v) is 3.63. The van der Waals surface area contributed by atoms with Gasteiger partial charge in [0, 0.05) is 23.6 Å². The minimum absolute atomic E-state index is 0.00246. The average molecular weight is 512 g/mol. The van der Waals surface area contributed by atoms with E-state index in [0.717, 1.165) is 5.56 Å². The van der Waals surface area contributed by atoms with Crippen LogP contribution in [0.5, 0.6) is 17.2 Å². The van der Waals surface area contributed by atoms with E-state index in [0.29, 0.717) is 39.7 Å². The predicted octanol–water partition coefficient (Wildman–Crippen LogP) is 4.74. The molecule has 0 bridgehead atoms. The Balaban J connectivity index is 1.44. The highest BCUT2D eigenvalue weighted by Crippen LogP contribution is 2.35. The summed E-state index contributed by atoms with van der Waals surface area (Å²) in [7, 11) is 1.54. The van der Waals surface area contributed by atoms with Gasteiger partial charge in [-0.1, -0.05) is 23.7 Å². The van der Waals surface area contributed by atoms with Gasteiger partial charge in [0.15, 0.2) is 17.3 Å². The maximum Gasteiger partial charge on any atom is 0.162 e. The number of hydrogen-bond donors (Lipinski definition) is 2. The van der Waals surface area contributed by atoms with Crippen molar-refractivity contribution in [3.05, 3.63) is 77.3 Å². The van der Waals surface area contributed by atoms with E-state index >= 15 is 0 Å². The summed E-state index contributed by atoms with van der Waals surface area (Å²) in [6.07, 6.45) is 1.59. The summed E-state index contributed by atoms with van der Waals surface area (Å²) in [6, 6.07) is 14.9. The van der Waals surface area contributed by atoms with Crippen molar-refractivity contribution < 1.29 is 28.5 Å². The van der Waals surface area contributed by atoms with Crippen LogP contribution < -0.4 is 19.5 Å². The monoisotopic (exact) mass is 511 g/mol. The van der Waals surface area contributed by atoms with Gasteiger partial charge in [-0.3, -0.25) is 4.79 Å². The van der Waals surface area contributed by atoms with Gasteiger partial charge in [0.2, 0.25) is 0 Å². The molecule has 0 aliphatic carbocycles. The number of rotatable bonds is 11. The van der Waals surface area contributed by atoms with Crippen LogP contribution in [0.3, 0.4) is 0 Å². The number of aliphatic hydroxyl groups excluding tert-OH is 1. The van der Waals surface area contributed by atoms with Gasteiger partial charge >= 0.3 is 0 Å². The SMILES string of the molecule is COc1cc2ncnc(Nc3ccc(F)c(Cl)c3)c2cc1OCCOc1ccc(CC(=O)CO)cc1. The maximum atomic E-state index is 13.5. The van der Waals surface area contributed by atoms with Gasteiger partial charge in [0.05, 0.1) is 17.6 Å². The molecule has 1 heterocycles. The van der Waals surface area contributed by atoms with E-state index in [2.05, 4.69) is 15.3 Å². The number of benzene rings is 3. The number of hydrogen-bond acceptors (Lipinski definition) is 8. The molecule has 0 saturated carbocycles. The van der Waals surface area contributed by atoms with Crippen LogP contribution in [-0.4, -0.2) is 47.8 Å². The second-order valence-electron chi connectivity index (χ2n) is 7.71. The third kappa shape index (κ3) is 6.18. The first-order valence-electron chi connectivity index (χ1n) is 11.0. The lowest BCUT2D eigenvalue weighted by atomic mass is 10.1. The van der Waals surface area contributed by atoms with Crippen LogP contribution in [0, 0.1) is 5.82 Å². The molecule has 2 N–H and O–H groups in total. The molecule has 186 valence electrons. The second kappa shape index (κ2) is 11.7. The highest BCUT2D eigenvalue weighted by Gasteiger charge is 2.13. The van der Waals surface area contributed by atoms with Gasteiger partial charge in [0.1, 0.15) is 43.5 Å². The molecule has 0 radical (unpaired) electrons. The number of nitrogens with zero attached hydrogens (tertiary/aromatic N) is 2. The van der Waals surface area contributed by atoms with Crippen molar-refractivity contribution in [2.24, 2.45) is 0 Å². The molecule has 0 fully saturated rings. The minimum Gasteiger partial charge on any atom is -0.493 e. The van der Waals surface area contributed by atoms with Crippen LogP contribution in [0.25, 0.3) is 10.9 Å². The lowest BCUT2D eigenvalue weighted by Crippen LogP contribution is -2.10. The summed E-state index contributed by atoms with van der Waals surface area (Å²) in [4.78, 5) is 19.9. The topological polar surface area (TPSA) is 103 Å². The van der Waals surface area contributed by atoms with Crippen molar-refractivity contribution in [2.45, 2.75) is 6.42 Å². The molecule has 0 spiro atoms. The van der Waals surface area contributed by atoms with E-state index in [9.17, 15) is 9.18 Å². The van der Waals surface area contributed by atoms with Crippen LogP contribution >= 0.6 is 11.6 Å². The highest BCUT2D eigenvalue weighted by molar-refractivity contribution is 6.31. The Labute approximate surface area is 211 Å². The Hall–Kier alpha value is -3.95. The van der Waals surface area contributed by atoms with E-state index in [4.69, 9.17) is 30.9 Å². The maximum absolute atomic E-state index is 13.5. The summed E-state index contributed by atoms with van der Waals surface area (Å²) in [5, 5.41) is 12.7. The van der Waals surface area contributed by atoms with Gasteiger partial charge in [-0.25, -0.2) is 14.4 Å². The van der Waals surface area contributed by atoms with Crippen molar-refractivity contribution in [3.63, 3.8) is 0 Å². The van der Waals surface area contributed by atoms with Gasteiger partial charge < -0.3 is 24.6 Å². The zero-order valence-corrected chi connectivity index (χ0v) is 20.1. The molecule has 36 heavy (non-hydrogen) atoms. The molecule has 3 aromatic carbocycles. The Kier molecular flexibility index (Phi) is 8.14. The molecule has 0 aliphatic heterocycles. The van der Waals surface area contributed by atoms with Crippen LogP contribution in [0.1, 0.15) is 5.56 Å². The van der Waals surface area contributed by atoms with Crippen molar-refractivity contribution >= 4 is 39.8 Å². The molecule has 0 saturated heterocycles. The number of aromatic nitrogens is 2. The summed E-state index contributed by atoms with van der Waals surface area (Å²) >= 11 is 5.89. The second-order valence-corrected chi connectivity index (χ2v) is 8.12. The number of fused-ring (bicyclic) bond motifs is 1. The minimum atomic E-state index is -0.509. The zero-order valence-electron chi connectivity index (χ0n) is 19.3. The number of nitrogens with one attached hydrogen (secondary N) is 1. The first kappa shape index (κ1) is 25.2. The number of aliphatic hydroxyl groups is 1. The van der Waals surface area contributed by atoms with Gasteiger partial charge in [0.25, 0.3) is 0 Å². The lowest BCUT2D eigenvalue weighted by Gasteiger charge is -2.14. The quantitative estimate of drug-likeness (QED) is 0.278.